The van der Waals surface area contributed by atoms with E-state index < -0.39 is 17.7 Å². The maximum atomic E-state index is 12.8. The van der Waals surface area contributed by atoms with E-state index in [1.807, 2.05) is 18.2 Å². The Balaban J connectivity index is 2.15. The van der Waals surface area contributed by atoms with Gasteiger partial charge in [0.1, 0.15) is 11.3 Å². The number of fused-ring (bicyclic) bond motifs is 1. The van der Waals surface area contributed by atoms with Gasteiger partial charge in [-0.05, 0) is 17.7 Å². The summed E-state index contributed by atoms with van der Waals surface area (Å²) in [6, 6.07) is 11.2. The average molecular weight is 320 g/mol. The van der Waals surface area contributed by atoms with Crippen LogP contribution in [0, 0.1) is 0 Å². The van der Waals surface area contributed by atoms with Crippen molar-refractivity contribution in [2.75, 3.05) is 0 Å². The van der Waals surface area contributed by atoms with Gasteiger partial charge >= 0.3 is 12.1 Å². The van der Waals surface area contributed by atoms with Gasteiger partial charge in [0.15, 0.2) is 0 Å². The molecule has 4 nitrogen and oxygen atoms in total. The van der Waals surface area contributed by atoms with Crippen LogP contribution in [0.4, 0.5) is 13.2 Å². The summed E-state index contributed by atoms with van der Waals surface area (Å²) in [5.74, 6) is -1.22. The molecule has 0 aliphatic heterocycles. The fraction of sp³-hybridized carbons (Fsp3) is 0.125. The number of hydrogen-bond donors (Lipinski definition) is 1. The minimum absolute atomic E-state index is 0.101. The van der Waals surface area contributed by atoms with Gasteiger partial charge in [0.25, 0.3) is 0 Å². The fourth-order valence-electron chi connectivity index (χ4n) is 2.40. The molecule has 3 aromatic rings. The Labute approximate surface area is 128 Å². The molecule has 0 amide bonds. The van der Waals surface area contributed by atoms with E-state index >= 15 is 0 Å². The first-order valence-corrected chi connectivity index (χ1v) is 6.70. The quantitative estimate of drug-likeness (QED) is 0.798. The summed E-state index contributed by atoms with van der Waals surface area (Å²) < 4.78 is 39.7. The minimum atomic E-state index is -4.52. The van der Waals surface area contributed by atoms with Crippen molar-refractivity contribution in [3.8, 4) is 0 Å². The molecule has 0 atom stereocenters. The van der Waals surface area contributed by atoms with Crippen LogP contribution >= 0.6 is 0 Å². The van der Waals surface area contributed by atoms with Crippen LogP contribution in [-0.2, 0) is 12.7 Å². The summed E-state index contributed by atoms with van der Waals surface area (Å²) in [5.41, 5.74) is 0.0305. The van der Waals surface area contributed by atoms with Crippen molar-refractivity contribution in [3.05, 3.63) is 65.5 Å². The number of carbonyl (C=O) groups is 1. The number of pyridine rings is 1. The molecule has 7 heteroatoms. The van der Waals surface area contributed by atoms with E-state index in [0.29, 0.717) is 0 Å². The highest BCUT2D eigenvalue weighted by Gasteiger charge is 2.31. The molecule has 0 radical (unpaired) electrons. The Bertz CT molecular complexity index is 870. The minimum Gasteiger partial charge on any atom is -0.477 e. The highest BCUT2D eigenvalue weighted by molar-refractivity contribution is 5.93. The van der Waals surface area contributed by atoms with Gasteiger partial charge in [0.2, 0.25) is 0 Å². The molecule has 2 aromatic heterocycles. The normalized spacial score (nSPS) is 11.8. The summed E-state index contributed by atoms with van der Waals surface area (Å²) in [5, 5.41) is 9.45. The zero-order valence-electron chi connectivity index (χ0n) is 11.7. The molecule has 0 saturated heterocycles. The second-order valence-electron chi connectivity index (χ2n) is 5.04. The molecule has 0 unspecified atom stereocenters. The number of carboxylic acid groups (broad SMARTS) is 1. The van der Waals surface area contributed by atoms with Crippen molar-refractivity contribution in [2.45, 2.75) is 12.7 Å². The Morgan fingerprint density at radius 1 is 1.17 bits per heavy atom. The Hall–Kier alpha value is -2.83. The van der Waals surface area contributed by atoms with Crippen LogP contribution in [0.2, 0.25) is 0 Å². The Kier molecular flexibility index (Phi) is 3.55. The third-order valence-electron chi connectivity index (χ3n) is 3.46. The van der Waals surface area contributed by atoms with Gasteiger partial charge < -0.3 is 9.67 Å². The number of carboxylic acids is 1. The predicted molar refractivity (Wildman–Crippen MR) is 77.2 cm³/mol. The number of hydrogen-bond acceptors (Lipinski definition) is 2. The summed E-state index contributed by atoms with van der Waals surface area (Å²) >= 11 is 0. The lowest BCUT2D eigenvalue weighted by Gasteiger charge is -2.09. The molecule has 0 bridgehead atoms. The molecule has 0 spiro atoms. The van der Waals surface area contributed by atoms with E-state index in [2.05, 4.69) is 4.98 Å². The van der Waals surface area contributed by atoms with Crippen molar-refractivity contribution in [1.29, 1.82) is 0 Å². The molecule has 1 aromatic carbocycles. The number of nitrogens with zero attached hydrogens (tertiary/aromatic N) is 2. The van der Waals surface area contributed by atoms with Crippen LogP contribution < -0.4 is 0 Å². The zero-order valence-corrected chi connectivity index (χ0v) is 11.7. The van der Waals surface area contributed by atoms with Gasteiger partial charge in [-0.15, -0.1) is 0 Å². The van der Waals surface area contributed by atoms with E-state index in [1.165, 1.54) is 10.6 Å². The molecule has 118 valence electrons. The second-order valence-corrected chi connectivity index (χ2v) is 5.04. The standard InChI is InChI=1S/C16H11F3N2O2/c17-16(18,19)12-6-11-7-13(15(22)23)21(14(11)20-8-12)9-10-4-2-1-3-5-10/h1-8H,9H2,(H,22,23). The lowest BCUT2D eigenvalue weighted by molar-refractivity contribution is -0.137. The van der Waals surface area contributed by atoms with Gasteiger partial charge in [-0.2, -0.15) is 13.2 Å². The summed E-state index contributed by atoms with van der Waals surface area (Å²) in [7, 11) is 0. The van der Waals surface area contributed by atoms with Crippen molar-refractivity contribution >= 4 is 17.0 Å². The number of alkyl halides is 3. The van der Waals surface area contributed by atoms with Crippen LogP contribution in [0.3, 0.4) is 0 Å². The molecule has 1 N–H and O–H groups in total. The number of aromatic carboxylic acids is 1. The van der Waals surface area contributed by atoms with Crippen molar-refractivity contribution in [1.82, 2.24) is 9.55 Å². The highest BCUT2D eigenvalue weighted by Crippen LogP contribution is 2.31. The third-order valence-corrected chi connectivity index (χ3v) is 3.46. The van der Waals surface area contributed by atoms with E-state index in [0.717, 1.165) is 17.8 Å². The molecular formula is C16H11F3N2O2. The first-order valence-electron chi connectivity index (χ1n) is 6.70. The maximum Gasteiger partial charge on any atom is 0.417 e. The fourth-order valence-corrected chi connectivity index (χ4v) is 2.40. The lowest BCUT2D eigenvalue weighted by Crippen LogP contribution is -2.10. The predicted octanol–water partition coefficient (Wildman–Crippen LogP) is 3.80. The SMILES string of the molecule is O=C(O)c1cc2cc(C(F)(F)F)cnc2n1Cc1ccccc1. The smallest absolute Gasteiger partial charge is 0.417 e. The highest BCUT2D eigenvalue weighted by atomic mass is 19.4. The van der Waals surface area contributed by atoms with Gasteiger partial charge in [-0.3, -0.25) is 0 Å². The molecule has 0 saturated carbocycles. The van der Waals surface area contributed by atoms with E-state index in [4.69, 9.17) is 0 Å². The molecule has 23 heavy (non-hydrogen) atoms. The Morgan fingerprint density at radius 2 is 1.87 bits per heavy atom. The van der Waals surface area contributed by atoms with Crippen molar-refractivity contribution < 1.29 is 23.1 Å². The van der Waals surface area contributed by atoms with Crippen LogP contribution in [0.25, 0.3) is 11.0 Å². The van der Waals surface area contributed by atoms with Crippen LogP contribution in [0.15, 0.2) is 48.7 Å². The molecular weight excluding hydrogens is 309 g/mol. The molecule has 0 aliphatic carbocycles. The van der Waals surface area contributed by atoms with E-state index in [-0.39, 0.29) is 23.3 Å². The monoisotopic (exact) mass is 320 g/mol. The van der Waals surface area contributed by atoms with Gasteiger partial charge in [-0.25, -0.2) is 9.78 Å². The largest absolute Gasteiger partial charge is 0.477 e. The second kappa shape index (κ2) is 5.42. The third kappa shape index (κ3) is 2.90. The summed E-state index contributed by atoms with van der Waals surface area (Å²) in [6.45, 7) is 0.213. The first-order chi connectivity index (χ1) is 10.9. The number of benzene rings is 1. The maximum absolute atomic E-state index is 12.8. The number of aromatic nitrogens is 2. The average Bonchev–Trinajstić information content (AvgIpc) is 2.86. The number of halogens is 3. The zero-order chi connectivity index (χ0) is 16.6. The van der Waals surface area contributed by atoms with E-state index in [1.54, 1.807) is 12.1 Å². The van der Waals surface area contributed by atoms with Crippen molar-refractivity contribution in [2.24, 2.45) is 0 Å². The van der Waals surface area contributed by atoms with E-state index in [9.17, 15) is 23.1 Å². The van der Waals surface area contributed by atoms with Crippen molar-refractivity contribution in [3.63, 3.8) is 0 Å². The van der Waals surface area contributed by atoms with Crippen LogP contribution in [0.1, 0.15) is 21.6 Å². The van der Waals surface area contributed by atoms with Gasteiger partial charge in [-0.1, -0.05) is 30.3 Å². The summed E-state index contributed by atoms with van der Waals surface area (Å²) in [4.78, 5) is 15.2. The molecule has 2 heterocycles. The topological polar surface area (TPSA) is 55.1 Å². The number of rotatable bonds is 3. The first kappa shape index (κ1) is 15.1. The van der Waals surface area contributed by atoms with Gasteiger partial charge in [0.05, 0.1) is 5.56 Å². The van der Waals surface area contributed by atoms with Crippen LogP contribution in [0.5, 0.6) is 0 Å². The van der Waals surface area contributed by atoms with Crippen LogP contribution in [-0.4, -0.2) is 20.6 Å². The Morgan fingerprint density at radius 3 is 2.48 bits per heavy atom. The molecule has 3 rings (SSSR count). The van der Waals surface area contributed by atoms with Gasteiger partial charge in [0, 0.05) is 18.1 Å². The lowest BCUT2D eigenvalue weighted by atomic mass is 10.2. The molecule has 0 fully saturated rings. The molecule has 0 aliphatic rings. The summed E-state index contributed by atoms with van der Waals surface area (Å²) in [6.07, 6.45) is -3.80.